The van der Waals surface area contributed by atoms with Crippen LogP contribution in [-0.4, -0.2) is 6.54 Å². The smallest absolute Gasteiger partial charge is 0.0947 e. The Kier molecular flexibility index (Phi) is 4.94. The van der Waals surface area contributed by atoms with Gasteiger partial charge in [0.1, 0.15) is 0 Å². The van der Waals surface area contributed by atoms with E-state index < -0.39 is 0 Å². The first kappa shape index (κ1) is 11.7. The minimum absolute atomic E-state index is 0.944. The number of hydrogen-bond donors (Lipinski definition) is 1. The average molecular weight is 221 g/mol. The molecule has 0 amide bonds. The third kappa shape index (κ3) is 4.01. The molecule has 1 heterocycles. The van der Waals surface area contributed by atoms with Crippen molar-refractivity contribution in [2.24, 2.45) is 5.92 Å². The predicted molar refractivity (Wildman–Crippen MR) is 66.2 cm³/mol. The molecule has 1 aliphatic carbocycles. The Morgan fingerprint density at radius 3 is 2.88 bits per heavy atom. The van der Waals surface area contributed by atoms with Crippen LogP contribution in [-0.2, 0) is 6.54 Å². The maximum absolute atomic E-state index is 5.02. The van der Waals surface area contributed by atoms with Crippen molar-refractivity contribution in [2.75, 3.05) is 6.54 Å². The van der Waals surface area contributed by atoms with Gasteiger partial charge >= 0.3 is 0 Å². The summed E-state index contributed by atoms with van der Waals surface area (Å²) in [6.07, 6.45) is 13.6. The number of hydrogen-bond acceptors (Lipinski definition) is 2. The van der Waals surface area contributed by atoms with Crippen LogP contribution in [0.4, 0.5) is 0 Å². The summed E-state index contributed by atoms with van der Waals surface area (Å²) in [6, 6.07) is 2.02. The Morgan fingerprint density at radius 2 is 2.12 bits per heavy atom. The van der Waals surface area contributed by atoms with Crippen molar-refractivity contribution in [1.29, 1.82) is 0 Å². The highest BCUT2D eigenvalue weighted by Crippen LogP contribution is 2.28. The molecular weight excluding hydrogens is 198 g/mol. The van der Waals surface area contributed by atoms with Gasteiger partial charge in [-0.25, -0.2) is 0 Å². The Bertz CT molecular complexity index is 262. The molecule has 1 aromatic heterocycles. The molecule has 1 aliphatic rings. The Morgan fingerprint density at radius 1 is 1.25 bits per heavy atom. The molecule has 90 valence electrons. The van der Waals surface area contributed by atoms with Gasteiger partial charge in [0.25, 0.3) is 0 Å². The maximum atomic E-state index is 5.02. The largest absolute Gasteiger partial charge is 0.472 e. The lowest BCUT2D eigenvalue weighted by atomic mass is 10.0. The van der Waals surface area contributed by atoms with Crippen LogP contribution in [0.5, 0.6) is 0 Å². The van der Waals surface area contributed by atoms with E-state index in [1.807, 2.05) is 12.3 Å². The van der Waals surface area contributed by atoms with Crippen molar-refractivity contribution in [1.82, 2.24) is 5.32 Å². The topological polar surface area (TPSA) is 25.2 Å². The Labute approximate surface area is 98.4 Å². The first-order valence-corrected chi connectivity index (χ1v) is 6.67. The third-order valence-electron chi connectivity index (χ3n) is 3.60. The zero-order valence-electron chi connectivity index (χ0n) is 10.1. The summed E-state index contributed by atoms with van der Waals surface area (Å²) in [5, 5.41) is 3.45. The molecular formula is C14H23NO. The summed E-state index contributed by atoms with van der Waals surface area (Å²) in [6.45, 7) is 2.08. The first-order valence-electron chi connectivity index (χ1n) is 6.67. The molecule has 1 saturated carbocycles. The second kappa shape index (κ2) is 6.74. The monoisotopic (exact) mass is 221 g/mol. The quantitative estimate of drug-likeness (QED) is 0.710. The molecule has 0 aromatic carbocycles. The molecule has 0 aliphatic heterocycles. The molecule has 0 radical (unpaired) electrons. The zero-order valence-corrected chi connectivity index (χ0v) is 10.1. The fraction of sp³-hybridized carbons (Fsp3) is 0.714. The highest BCUT2D eigenvalue weighted by molar-refractivity contribution is 5.04. The van der Waals surface area contributed by atoms with Gasteiger partial charge in [0, 0.05) is 12.1 Å². The van der Waals surface area contributed by atoms with E-state index in [0.717, 1.165) is 19.0 Å². The van der Waals surface area contributed by atoms with Crippen LogP contribution in [0.1, 0.15) is 50.5 Å². The summed E-state index contributed by atoms with van der Waals surface area (Å²) in [5.74, 6) is 1.05. The molecule has 1 aromatic rings. The first-order chi connectivity index (χ1) is 7.95. The predicted octanol–water partition coefficient (Wildman–Crippen LogP) is 3.73. The number of furan rings is 1. The van der Waals surface area contributed by atoms with Crippen LogP contribution < -0.4 is 5.32 Å². The lowest BCUT2D eigenvalue weighted by Gasteiger charge is -2.08. The van der Waals surface area contributed by atoms with Crippen molar-refractivity contribution in [3.05, 3.63) is 24.2 Å². The fourth-order valence-electron chi connectivity index (χ4n) is 2.61. The second-order valence-electron chi connectivity index (χ2n) is 4.95. The normalized spacial score (nSPS) is 17.0. The summed E-state index contributed by atoms with van der Waals surface area (Å²) < 4.78 is 5.02. The minimum atomic E-state index is 0.944. The number of unbranched alkanes of at least 4 members (excludes halogenated alkanes) is 1. The molecule has 1 N–H and O–H groups in total. The fourth-order valence-corrected chi connectivity index (χ4v) is 2.61. The summed E-state index contributed by atoms with van der Waals surface area (Å²) in [5.41, 5.74) is 1.25. The van der Waals surface area contributed by atoms with Crippen LogP contribution in [0.2, 0.25) is 0 Å². The summed E-state index contributed by atoms with van der Waals surface area (Å²) in [7, 11) is 0. The molecule has 2 heteroatoms. The zero-order chi connectivity index (χ0) is 11.1. The third-order valence-corrected chi connectivity index (χ3v) is 3.60. The van der Waals surface area contributed by atoms with Crippen LogP contribution in [0.25, 0.3) is 0 Å². The van der Waals surface area contributed by atoms with Gasteiger partial charge in [-0.2, -0.15) is 0 Å². The molecule has 0 atom stereocenters. The van der Waals surface area contributed by atoms with E-state index in [9.17, 15) is 0 Å². The van der Waals surface area contributed by atoms with Crippen LogP contribution in [0, 0.1) is 5.92 Å². The van der Waals surface area contributed by atoms with Crippen LogP contribution in [0.15, 0.2) is 23.0 Å². The van der Waals surface area contributed by atoms with Crippen molar-refractivity contribution >= 4 is 0 Å². The maximum Gasteiger partial charge on any atom is 0.0947 e. The molecule has 16 heavy (non-hydrogen) atoms. The average Bonchev–Trinajstić information content (AvgIpc) is 2.96. The highest BCUT2D eigenvalue weighted by Gasteiger charge is 2.13. The van der Waals surface area contributed by atoms with E-state index in [1.54, 1.807) is 6.26 Å². The number of nitrogens with one attached hydrogen (secondary N) is 1. The van der Waals surface area contributed by atoms with E-state index in [2.05, 4.69) is 5.32 Å². The minimum Gasteiger partial charge on any atom is -0.472 e. The summed E-state index contributed by atoms with van der Waals surface area (Å²) in [4.78, 5) is 0. The highest BCUT2D eigenvalue weighted by atomic mass is 16.3. The Balaban J connectivity index is 1.43. The van der Waals surface area contributed by atoms with Crippen molar-refractivity contribution in [2.45, 2.75) is 51.5 Å². The molecule has 1 fully saturated rings. The number of rotatable bonds is 7. The lowest BCUT2D eigenvalue weighted by Crippen LogP contribution is -2.14. The van der Waals surface area contributed by atoms with Crippen molar-refractivity contribution in [3.8, 4) is 0 Å². The molecule has 2 rings (SSSR count). The van der Waals surface area contributed by atoms with Crippen molar-refractivity contribution in [3.63, 3.8) is 0 Å². The van der Waals surface area contributed by atoms with E-state index in [0.29, 0.717) is 0 Å². The standard InChI is InChI=1S/C14H23NO/c1-2-6-13(5-1)7-3-4-9-15-11-14-8-10-16-12-14/h8,10,12-13,15H,1-7,9,11H2. The molecule has 0 spiro atoms. The lowest BCUT2D eigenvalue weighted by molar-refractivity contribution is 0.466. The van der Waals surface area contributed by atoms with E-state index in [1.165, 1.54) is 50.5 Å². The van der Waals surface area contributed by atoms with Gasteiger partial charge in [-0.1, -0.05) is 38.5 Å². The van der Waals surface area contributed by atoms with Gasteiger partial charge in [-0.3, -0.25) is 0 Å². The molecule has 0 saturated heterocycles. The van der Waals surface area contributed by atoms with Gasteiger partial charge in [0.2, 0.25) is 0 Å². The van der Waals surface area contributed by atoms with Crippen LogP contribution >= 0.6 is 0 Å². The molecule has 0 unspecified atom stereocenters. The van der Waals surface area contributed by atoms with Gasteiger partial charge < -0.3 is 9.73 Å². The summed E-state index contributed by atoms with van der Waals surface area (Å²) >= 11 is 0. The van der Waals surface area contributed by atoms with E-state index in [4.69, 9.17) is 4.42 Å². The van der Waals surface area contributed by atoms with E-state index in [-0.39, 0.29) is 0 Å². The van der Waals surface area contributed by atoms with E-state index >= 15 is 0 Å². The van der Waals surface area contributed by atoms with Gasteiger partial charge in [0.05, 0.1) is 12.5 Å². The van der Waals surface area contributed by atoms with Gasteiger partial charge in [0.15, 0.2) is 0 Å². The van der Waals surface area contributed by atoms with Gasteiger partial charge in [-0.05, 0) is 24.9 Å². The molecule has 0 bridgehead atoms. The van der Waals surface area contributed by atoms with Crippen LogP contribution in [0.3, 0.4) is 0 Å². The van der Waals surface area contributed by atoms with Crippen molar-refractivity contribution < 1.29 is 4.42 Å². The second-order valence-corrected chi connectivity index (χ2v) is 4.95. The van der Waals surface area contributed by atoms with Gasteiger partial charge in [-0.15, -0.1) is 0 Å². The molecule has 2 nitrogen and oxygen atoms in total. The Hall–Kier alpha value is -0.760. The SMILES string of the molecule is c1cc(CNCCCCC2CCCC2)co1.